The van der Waals surface area contributed by atoms with E-state index in [4.69, 9.17) is 38.9 Å². The summed E-state index contributed by atoms with van der Waals surface area (Å²) in [6.07, 6.45) is 0. The van der Waals surface area contributed by atoms with Crippen LogP contribution in [-0.4, -0.2) is 11.0 Å². The van der Waals surface area contributed by atoms with Crippen molar-refractivity contribution in [1.29, 1.82) is 0 Å². The van der Waals surface area contributed by atoms with E-state index >= 15 is 0 Å². The van der Waals surface area contributed by atoms with Crippen molar-refractivity contribution in [3.05, 3.63) is 57.6 Å². The molecule has 0 bridgehead atoms. The number of amidine groups is 1. The van der Waals surface area contributed by atoms with Crippen LogP contribution in [0.4, 0.5) is 0 Å². The van der Waals surface area contributed by atoms with Crippen molar-refractivity contribution < 1.29 is 9.94 Å². The first-order chi connectivity index (χ1) is 9.51. The van der Waals surface area contributed by atoms with Crippen molar-refractivity contribution in [2.75, 3.05) is 0 Å². The Hall–Kier alpha value is -1.91. The van der Waals surface area contributed by atoms with Gasteiger partial charge in [-0.25, -0.2) is 0 Å². The monoisotopic (exact) mass is 310 g/mol. The number of oxime groups is 1. The standard InChI is InChI=1S/C14H12Cl2N2O2/c1-8-6-10(3-4-11(8)14(17)18-19)20-13-5-2-9(15)7-12(13)16/h2-7,19H,1H3,(H2,17,18). The quantitative estimate of drug-likeness (QED) is 0.386. The summed E-state index contributed by atoms with van der Waals surface area (Å²) < 4.78 is 5.68. The lowest BCUT2D eigenvalue weighted by atomic mass is 10.1. The molecule has 0 aliphatic carbocycles. The molecule has 0 aliphatic heterocycles. The fourth-order valence-electron chi connectivity index (χ4n) is 1.73. The van der Waals surface area contributed by atoms with Gasteiger partial charge < -0.3 is 15.7 Å². The molecule has 0 spiro atoms. The number of benzene rings is 2. The Bertz CT molecular complexity index is 672. The van der Waals surface area contributed by atoms with Crippen molar-refractivity contribution in [3.8, 4) is 11.5 Å². The summed E-state index contributed by atoms with van der Waals surface area (Å²) in [5.41, 5.74) is 7.02. The second kappa shape index (κ2) is 6.03. The van der Waals surface area contributed by atoms with Crippen LogP contribution in [0, 0.1) is 6.92 Å². The van der Waals surface area contributed by atoms with Crippen LogP contribution in [-0.2, 0) is 0 Å². The van der Waals surface area contributed by atoms with Crippen molar-refractivity contribution in [3.63, 3.8) is 0 Å². The minimum absolute atomic E-state index is 0.0542. The van der Waals surface area contributed by atoms with Crippen molar-refractivity contribution in [1.82, 2.24) is 0 Å². The van der Waals surface area contributed by atoms with Gasteiger partial charge in [-0.05, 0) is 48.9 Å². The first-order valence-corrected chi connectivity index (χ1v) is 6.48. The van der Waals surface area contributed by atoms with Crippen LogP contribution in [0.3, 0.4) is 0 Å². The van der Waals surface area contributed by atoms with Crippen LogP contribution < -0.4 is 10.5 Å². The van der Waals surface area contributed by atoms with E-state index in [9.17, 15) is 0 Å². The van der Waals surface area contributed by atoms with Gasteiger partial charge in [-0.3, -0.25) is 0 Å². The Labute approximate surface area is 126 Å². The number of rotatable bonds is 3. The molecule has 3 N–H and O–H groups in total. The summed E-state index contributed by atoms with van der Waals surface area (Å²) in [4.78, 5) is 0. The van der Waals surface area contributed by atoms with Gasteiger partial charge in [0.15, 0.2) is 5.84 Å². The highest BCUT2D eigenvalue weighted by Crippen LogP contribution is 2.32. The molecule has 2 aromatic rings. The predicted octanol–water partition coefficient (Wildman–Crippen LogP) is 4.19. The molecule has 0 unspecified atom stereocenters. The number of hydrogen-bond donors (Lipinski definition) is 2. The van der Waals surface area contributed by atoms with Crippen LogP contribution in [0.25, 0.3) is 0 Å². The highest BCUT2D eigenvalue weighted by molar-refractivity contribution is 6.35. The Morgan fingerprint density at radius 3 is 2.55 bits per heavy atom. The molecule has 2 rings (SSSR count). The van der Waals surface area contributed by atoms with Gasteiger partial charge in [0.2, 0.25) is 0 Å². The number of ether oxygens (including phenoxy) is 1. The lowest BCUT2D eigenvalue weighted by Gasteiger charge is -2.10. The van der Waals surface area contributed by atoms with E-state index in [0.29, 0.717) is 27.1 Å². The van der Waals surface area contributed by atoms with Crippen LogP contribution >= 0.6 is 23.2 Å². The van der Waals surface area contributed by atoms with Gasteiger partial charge in [-0.2, -0.15) is 0 Å². The maximum atomic E-state index is 8.68. The topological polar surface area (TPSA) is 67.8 Å². The summed E-state index contributed by atoms with van der Waals surface area (Å²) >= 11 is 11.9. The molecular formula is C14H12Cl2N2O2. The maximum absolute atomic E-state index is 8.68. The molecule has 0 atom stereocenters. The van der Waals surface area contributed by atoms with Crippen LogP contribution in [0.2, 0.25) is 10.0 Å². The molecule has 0 aromatic heterocycles. The predicted molar refractivity (Wildman–Crippen MR) is 80.2 cm³/mol. The Balaban J connectivity index is 2.29. The SMILES string of the molecule is Cc1cc(Oc2ccc(Cl)cc2Cl)ccc1/C(N)=N/O. The number of nitrogens with two attached hydrogens (primary N) is 1. The molecule has 20 heavy (non-hydrogen) atoms. The fraction of sp³-hybridized carbons (Fsp3) is 0.0714. The molecule has 104 valence electrons. The molecular weight excluding hydrogens is 299 g/mol. The molecule has 0 radical (unpaired) electrons. The van der Waals surface area contributed by atoms with Gasteiger partial charge >= 0.3 is 0 Å². The summed E-state index contributed by atoms with van der Waals surface area (Å²) in [5, 5.41) is 12.6. The maximum Gasteiger partial charge on any atom is 0.170 e. The largest absolute Gasteiger partial charge is 0.456 e. The van der Waals surface area contributed by atoms with Crippen molar-refractivity contribution in [2.45, 2.75) is 6.92 Å². The highest BCUT2D eigenvalue weighted by Gasteiger charge is 2.08. The molecule has 0 saturated carbocycles. The van der Waals surface area contributed by atoms with Crippen LogP contribution in [0.1, 0.15) is 11.1 Å². The second-order valence-corrected chi connectivity index (χ2v) is 4.98. The fourth-order valence-corrected chi connectivity index (χ4v) is 2.17. The Kier molecular flexibility index (Phi) is 4.37. The summed E-state index contributed by atoms with van der Waals surface area (Å²) in [6, 6.07) is 10.2. The molecule has 4 nitrogen and oxygen atoms in total. The van der Waals surface area contributed by atoms with E-state index < -0.39 is 0 Å². The first-order valence-electron chi connectivity index (χ1n) is 5.72. The van der Waals surface area contributed by atoms with E-state index in [2.05, 4.69) is 5.16 Å². The molecule has 0 aliphatic rings. The smallest absolute Gasteiger partial charge is 0.170 e. The minimum atomic E-state index is 0.0542. The van der Waals surface area contributed by atoms with E-state index in [0.717, 1.165) is 5.56 Å². The van der Waals surface area contributed by atoms with Gasteiger partial charge in [-0.1, -0.05) is 28.4 Å². The summed E-state index contributed by atoms with van der Waals surface area (Å²) in [6.45, 7) is 1.84. The molecule has 0 fully saturated rings. The molecule has 0 heterocycles. The van der Waals surface area contributed by atoms with Gasteiger partial charge in [-0.15, -0.1) is 0 Å². The zero-order chi connectivity index (χ0) is 14.7. The molecule has 0 amide bonds. The number of aryl methyl sites for hydroxylation is 1. The number of halogens is 2. The zero-order valence-corrected chi connectivity index (χ0v) is 12.1. The van der Waals surface area contributed by atoms with Crippen molar-refractivity contribution in [2.24, 2.45) is 10.9 Å². The number of nitrogens with zero attached hydrogens (tertiary/aromatic N) is 1. The molecule has 0 saturated heterocycles. The van der Waals surface area contributed by atoms with Crippen LogP contribution in [0.5, 0.6) is 11.5 Å². The third-order valence-corrected chi connectivity index (χ3v) is 3.23. The average Bonchev–Trinajstić information content (AvgIpc) is 2.41. The third-order valence-electron chi connectivity index (χ3n) is 2.70. The van der Waals surface area contributed by atoms with Gasteiger partial charge in [0.1, 0.15) is 11.5 Å². The third kappa shape index (κ3) is 3.15. The van der Waals surface area contributed by atoms with E-state index in [1.807, 2.05) is 6.92 Å². The summed E-state index contributed by atoms with van der Waals surface area (Å²) in [7, 11) is 0. The first kappa shape index (κ1) is 14.5. The van der Waals surface area contributed by atoms with E-state index in [1.165, 1.54) is 0 Å². The zero-order valence-electron chi connectivity index (χ0n) is 10.6. The lowest BCUT2D eigenvalue weighted by molar-refractivity contribution is 0.318. The minimum Gasteiger partial charge on any atom is -0.456 e. The van der Waals surface area contributed by atoms with Crippen LogP contribution in [0.15, 0.2) is 41.6 Å². The molecule has 2 aromatic carbocycles. The second-order valence-electron chi connectivity index (χ2n) is 4.14. The lowest BCUT2D eigenvalue weighted by Crippen LogP contribution is -2.14. The molecule has 6 heteroatoms. The Morgan fingerprint density at radius 2 is 1.95 bits per heavy atom. The Morgan fingerprint density at radius 1 is 1.20 bits per heavy atom. The van der Waals surface area contributed by atoms with Gasteiger partial charge in [0, 0.05) is 10.6 Å². The van der Waals surface area contributed by atoms with E-state index in [1.54, 1.807) is 36.4 Å². The normalized spacial score (nSPS) is 11.4. The number of hydrogen-bond acceptors (Lipinski definition) is 3. The summed E-state index contributed by atoms with van der Waals surface area (Å²) in [5.74, 6) is 1.16. The van der Waals surface area contributed by atoms with E-state index in [-0.39, 0.29) is 5.84 Å². The highest BCUT2D eigenvalue weighted by atomic mass is 35.5. The average molecular weight is 311 g/mol. The van der Waals surface area contributed by atoms with Gasteiger partial charge in [0.25, 0.3) is 0 Å². The van der Waals surface area contributed by atoms with Gasteiger partial charge in [0.05, 0.1) is 5.02 Å². The van der Waals surface area contributed by atoms with Crippen molar-refractivity contribution >= 4 is 29.0 Å².